The van der Waals surface area contributed by atoms with Crippen LogP contribution in [0.5, 0.6) is 5.88 Å². The van der Waals surface area contributed by atoms with E-state index in [1.165, 1.54) is 0 Å². The highest BCUT2D eigenvalue weighted by molar-refractivity contribution is 5.25. The lowest BCUT2D eigenvalue weighted by atomic mass is 10.1. The number of nitrogens with one attached hydrogen (secondary N) is 1. The third kappa shape index (κ3) is 5.68. The van der Waals surface area contributed by atoms with Gasteiger partial charge < -0.3 is 10.1 Å². The van der Waals surface area contributed by atoms with Crippen LogP contribution < -0.4 is 10.1 Å². The van der Waals surface area contributed by atoms with Crippen molar-refractivity contribution in [1.82, 2.24) is 10.3 Å². The van der Waals surface area contributed by atoms with Gasteiger partial charge in [0.05, 0.1) is 6.10 Å². The van der Waals surface area contributed by atoms with Crippen molar-refractivity contribution < 1.29 is 4.74 Å². The Labute approximate surface area is 105 Å². The van der Waals surface area contributed by atoms with E-state index in [0.29, 0.717) is 0 Å². The third-order valence-corrected chi connectivity index (χ3v) is 2.25. The second-order valence-corrected chi connectivity index (χ2v) is 5.56. The highest BCUT2D eigenvalue weighted by Crippen LogP contribution is 2.16. The van der Waals surface area contributed by atoms with Crippen LogP contribution in [-0.2, 0) is 6.42 Å². The van der Waals surface area contributed by atoms with Crippen LogP contribution in [0.4, 0.5) is 0 Å². The van der Waals surface area contributed by atoms with Gasteiger partial charge in [-0.05, 0) is 53.7 Å². The Morgan fingerprint density at radius 3 is 2.65 bits per heavy atom. The molecule has 0 saturated heterocycles. The van der Waals surface area contributed by atoms with Crippen molar-refractivity contribution in [1.29, 1.82) is 0 Å². The minimum absolute atomic E-state index is 0.154. The normalized spacial score (nSPS) is 11.9. The quantitative estimate of drug-likeness (QED) is 0.853. The summed E-state index contributed by atoms with van der Waals surface area (Å²) in [6.45, 7) is 11.5. The summed E-state index contributed by atoms with van der Waals surface area (Å²) in [5.74, 6) is 0.762. The van der Waals surface area contributed by atoms with Gasteiger partial charge in [-0.3, -0.25) is 0 Å². The molecule has 0 radical (unpaired) electrons. The molecule has 3 heteroatoms. The molecule has 0 bridgehead atoms. The van der Waals surface area contributed by atoms with Crippen molar-refractivity contribution in [3.05, 3.63) is 23.9 Å². The van der Waals surface area contributed by atoms with Gasteiger partial charge >= 0.3 is 0 Å². The molecular weight excluding hydrogens is 212 g/mol. The summed E-state index contributed by atoms with van der Waals surface area (Å²) in [6.07, 6.45) is 2.88. The lowest BCUT2D eigenvalue weighted by molar-refractivity contribution is 0.229. The first-order valence-electron chi connectivity index (χ1n) is 6.24. The Morgan fingerprint density at radius 1 is 1.35 bits per heavy atom. The molecular formula is C14H24N2O. The maximum Gasteiger partial charge on any atom is 0.216 e. The van der Waals surface area contributed by atoms with Crippen LogP contribution in [0.25, 0.3) is 0 Å². The van der Waals surface area contributed by atoms with Crippen LogP contribution in [0.2, 0.25) is 0 Å². The number of rotatable bonds is 5. The van der Waals surface area contributed by atoms with E-state index in [2.05, 4.69) is 37.1 Å². The van der Waals surface area contributed by atoms with E-state index in [9.17, 15) is 0 Å². The van der Waals surface area contributed by atoms with Crippen LogP contribution in [0.1, 0.15) is 40.2 Å². The van der Waals surface area contributed by atoms with E-state index in [4.69, 9.17) is 4.74 Å². The van der Waals surface area contributed by atoms with Crippen LogP contribution in [0.3, 0.4) is 0 Å². The zero-order valence-electron chi connectivity index (χ0n) is 11.6. The van der Waals surface area contributed by atoms with Gasteiger partial charge in [-0.25, -0.2) is 4.98 Å². The molecule has 0 amide bonds. The minimum atomic E-state index is 0.154. The monoisotopic (exact) mass is 236 g/mol. The van der Waals surface area contributed by atoms with Crippen molar-refractivity contribution in [3.63, 3.8) is 0 Å². The van der Waals surface area contributed by atoms with Crippen LogP contribution in [0, 0.1) is 0 Å². The van der Waals surface area contributed by atoms with Gasteiger partial charge in [0.25, 0.3) is 0 Å². The van der Waals surface area contributed by atoms with Crippen LogP contribution in [-0.4, -0.2) is 23.2 Å². The summed E-state index contributed by atoms with van der Waals surface area (Å²) in [4.78, 5) is 4.28. The van der Waals surface area contributed by atoms with Gasteiger partial charge in [0.15, 0.2) is 0 Å². The predicted molar refractivity (Wildman–Crippen MR) is 71.5 cm³/mol. The average molecular weight is 236 g/mol. The van der Waals surface area contributed by atoms with Crippen molar-refractivity contribution in [3.8, 4) is 5.88 Å². The Morgan fingerprint density at radius 2 is 2.06 bits per heavy atom. The SMILES string of the molecule is CC(C)Oc1ncccc1CCNC(C)(C)C. The van der Waals surface area contributed by atoms with E-state index in [1.54, 1.807) is 6.20 Å². The van der Waals surface area contributed by atoms with Crippen molar-refractivity contribution in [2.45, 2.75) is 52.7 Å². The number of hydrogen-bond donors (Lipinski definition) is 1. The number of aromatic nitrogens is 1. The zero-order chi connectivity index (χ0) is 12.9. The molecule has 3 nitrogen and oxygen atoms in total. The first-order valence-corrected chi connectivity index (χ1v) is 6.24. The van der Waals surface area contributed by atoms with Gasteiger partial charge in [-0.1, -0.05) is 6.07 Å². The number of pyridine rings is 1. The second-order valence-electron chi connectivity index (χ2n) is 5.56. The number of nitrogens with zero attached hydrogens (tertiary/aromatic N) is 1. The molecule has 1 rings (SSSR count). The fourth-order valence-electron chi connectivity index (χ4n) is 1.52. The molecule has 0 spiro atoms. The smallest absolute Gasteiger partial charge is 0.216 e. The molecule has 0 aliphatic rings. The van der Waals surface area contributed by atoms with E-state index < -0.39 is 0 Å². The summed E-state index contributed by atoms with van der Waals surface area (Å²) in [5, 5.41) is 3.47. The summed E-state index contributed by atoms with van der Waals surface area (Å²) in [6, 6.07) is 4.04. The van der Waals surface area contributed by atoms with E-state index >= 15 is 0 Å². The van der Waals surface area contributed by atoms with Crippen molar-refractivity contribution in [2.75, 3.05) is 6.54 Å². The topological polar surface area (TPSA) is 34.1 Å². The fourth-order valence-corrected chi connectivity index (χ4v) is 1.52. The summed E-state index contributed by atoms with van der Waals surface area (Å²) in [5.41, 5.74) is 1.32. The van der Waals surface area contributed by atoms with Crippen LogP contribution >= 0.6 is 0 Å². The maximum absolute atomic E-state index is 5.69. The number of hydrogen-bond acceptors (Lipinski definition) is 3. The molecule has 0 fully saturated rings. The Bertz CT molecular complexity index is 342. The third-order valence-electron chi connectivity index (χ3n) is 2.25. The molecule has 1 aromatic heterocycles. The Balaban J connectivity index is 2.58. The lowest BCUT2D eigenvalue weighted by Crippen LogP contribution is -2.37. The van der Waals surface area contributed by atoms with E-state index in [0.717, 1.165) is 24.4 Å². The van der Waals surface area contributed by atoms with E-state index in [1.807, 2.05) is 19.9 Å². The zero-order valence-corrected chi connectivity index (χ0v) is 11.6. The lowest BCUT2D eigenvalue weighted by Gasteiger charge is -2.21. The molecule has 1 aromatic rings. The molecule has 0 unspecified atom stereocenters. The molecule has 96 valence electrons. The van der Waals surface area contributed by atoms with Crippen molar-refractivity contribution in [2.24, 2.45) is 0 Å². The van der Waals surface area contributed by atoms with Gasteiger partial charge in [0, 0.05) is 17.3 Å². The molecule has 0 aromatic carbocycles. The summed E-state index contributed by atoms with van der Waals surface area (Å²) in [7, 11) is 0. The maximum atomic E-state index is 5.69. The fraction of sp³-hybridized carbons (Fsp3) is 0.643. The molecule has 1 heterocycles. The second kappa shape index (κ2) is 6.01. The minimum Gasteiger partial charge on any atom is -0.475 e. The molecule has 0 atom stereocenters. The highest BCUT2D eigenvalue weighted by atomic mass is 16.5. The van der Waals surface area contributed by atoms with Gasteiger partial charge in [-0.2, -0.15) is 0 Å². The summed E-state index contributed by atoms with van der Waals surface area (Å²) < 4.78 is 5.69. The van der Waals surface area contributed by atoms with E-state index in [-0.39, 0.29) is 11.6 Å². The highest BCUT2D eigenvalue weighted by Gasteiger charge is 2.10. The van der Waals surface area contributed by atoms with Gasteiger partial charge in [0.2, 0.25) is 5.88 Å². The van der Waals surface area contributed by atoms with Crippen molar-refractivity contribution >= 4 is 0 Å². The summed E-state index contributed by atoms with van der Waals surface area (Å²) >= 11 is 0. The average Bonchev–Trinajstić information content (AvgIpc) is 2.18. The molecule has 1 N–H and O–H groups in total. The van der Waals surface area contributed by atoms with Crippen LogP contribution in [0.15, 0.2) is 18.3 Å². The molecule has 0 aliphatic heterocycles. The molecule has 0 saturated carbocycles. The first kappa shape index (κ1) is 14.0. The Kier molecular flexibility index (Phi) is 4.94. The first-order chi connectivity index (χ1) is 7.88. The predicted octanol–water partition coefficient (Wildman–Crippen LogP) is 2.80. The van der Waals surface area contributed by atoms with Gasteiger partial charge in [-0.15, -0.1) is 0 Å². The molecule has 0 aliphatic carbocycles. The largest absolute Gasteiger partial charge is 0.475 e. The standard InChI is InChI=1S/C14H24N2O/c1-11(2)17-13-12(7-6-9-15-13)8-10-16-14(3,4)5/h6-7,9,11,16H,8,10H2,1-5H3. The Hall–Kier alpha value is -1.09. The molecule has 17 heavy (non-hydrogen) atoms. The number of ether oxygens (including phenoxy) is 1. The van der Waals surface area contributed by atoms with Gasteiger partial charge in [0.1, 0.15) is 0 Å².